The second-order valence-corrected chi connectivity index (χ2v) is 10.8. The van der Waals surface area contributed by atoms with Crippen LogP contribution in [0, 0.1) is 11.3 Å². The van der Waals surface area contributed by atoms with Crippen LogP contribution in [0.5, 0.6) is 5.75 Å². The maximum absolute atomic E-state index is 12.5. The molecular weight excluding hydrogens is 460 g/mol. The minimum atomic E-state index is 0.0431. The van der Waals surface area contributed by atoms with Gasteiger partial charge in [0.2, 0.25) is 0 Å². The molecule has 1 amide bonds. The van der Waals surface area contributed by atoms with E-state index in [1.54, 1.807) is 23.1 Å². The SMILES string of the molecule is CSc1sc(C(=N)N)cc1-c1nc(-c2cccc(OCC(=O)N3CCC(C)CC3)c2)cs1. The van der Waals surface area contributed by atoms with Crippen LogP contribution in [0.3, 0.4) is 0 Å². The molecule has 6 nitrogen and oxygen atoms in total. The lowest BCUT2D eigenvalue weighted by atomic mass is 9.99. The molecular formula is C23H26N4O2S3. The number of rotatable bonds is 7. The summed E-state index contributed by atoms with van der Waals surface area (Å²) in [4.78, 5) is 19.9. The van der Waals surface area contributed by atoms with E-state index in [0.29, 0.717) is 11.7 Å². The van der Waals surface area contributed by atoms with Crippen molar-refractivity contribution in [2.45, 2.75) is 24.0 Å². The van der Waals surface area contributed by atoms with Gasteiger partial charge >= 0.3 is 0 Å². The van der Waals surface area contributed by atoms with Gasteiger partial charge in [0, 0.05) is 29.6 Å². The summed E-state index contributed by atoms with van der Waals surface area (Å²) >= 11 is 4.71. The fourth-order valence-electron chi connectivity index (χ4n) is 3.58. The number of thioether (sulfide) groups is 1. The topological polar surface area (TPSA) is 92.3 Å². The van der Waals surface area contributed by atoms with Crippen LogP contribution in [0.25, 0.3) is 21.8 Å². The first-order valence-electron chi connectivity index (χ1n) is 10.4. The number of likely N-dealkylation sites (tertiary alicyclic amines) is 1. The number of nitrogens with two attached hydrogens (primary N) is 1. The van der Waals surface area contributed by atoms with Gasteiger partial charge < -0.3 is 15.4 Å². The Kier molecular flexibility index (Phi) is 7.17. The molecule has 0 bridgehead atoms. The summed E-state index contributed by atoms with van der Waals surface area (Å²) in [5.41, 5.74) is 8.48. The number of aromatic nitrogens is 1. The van der Waals surface area contributed by atoms with Gasteiger partial charge in [0.15, 0.2) is 6.61 Å². The second-order valence-electron chi connectivity index (χ2n) is 7.85. The highest BCUT2D eigenvalue weighted by Gasteiger charge is 2.21. The molecule has 1 aliphatic rings. The molecule has 3 aromatic rings. The van der Waals surface area contributed by atoms with Gasteiger partial charge in [0.05, 0.1) is 14.8 Å². The molecule has 0 unspecified atom stereocenters. The standard InChI is InChI=1S/C23H26N4O2S3/c1-14-6-8-27(9-7-14)20(28)12-29-16-5-3-4-15(10-16)18-13-31-22(26-18)17-11-19(21(24)25)32-23(17)30-2/h3-5,10-11,13-14H,6-9,12H2,1-2H3,(H3,24,25). The number of hydrogen-bond donors (Lipinski definition) is 2. The first kappa shape index (κ1) is 22.8. The Balaban J connectivity index is 1.46. The number of ether oxygens (including phenoxy) is 1. The number of thiazole rings is 1. The van der Waals surface area contributed by atoms with Gasteiger partial charge in [0.25, 0.3) is 5.91 Å². The number of amides is 1. The molecule has 4 rings (SSSR count). The number of nitrogens with zero attached hydrogens (tertiary/aromatic N) is 2. The lowest BCUT2D eigenvalue weighted by Crippen LogP contribution is -2.40. The highest BCUT2D eigenvalue weighted by molar-refractivity contribution is 8.00. The van der Waals surface area contributed by atoms with Crippen LogP contribution in [0.2, 0.25) is 0 Å². The molecule has 9 heteroatoms. The third-order valence-electron chi connectivity index (χ3n) is 5.51. The molecule has 2 aromatic heterocycles. The number of benzene rings is 1. The Bertz CT molecular complexity index is 1120. The molecule has 168 valence electrons. The first-order chi connectivity index (χ1) is 15.4. The van der Waals surface area contributed by atoms with Gasteiger partial charge in [-0.3, -0.25) is 10.2 Å². The van der Waals surface area contributed by atoms with E-state index in [-0.39, 0.29) is 18.3 Å². The van der Waals surface area contributed by atoms with Gasteiger partial charge in [-0.05, 0) is 43.2 Å². The minimum Gasteiger partial charge on any atom is -0.484 e. The largest absolute Gasteiger partial charge is 0.484 e. The number of thiophene rings is 1. The molecule has 3 heterocycles. The third-order valence-corrected chi connectivity index (χ3v) is 8.69. The van der Waals surface area contributed by atoms with Crippen molar-refractivity contribution in [2.75, 3.05) is 26.0 Å². The van der Waals surface area contributed by atoms with Crippen molar-refractivity contribution in [1.82, 2.24) is 9.88 Å². The zero-order chi connectivity index (χ0) is 22.7. The van der Waals surface area contributed by atoms with Gasteiger partial charge in [-0.2, -0.15) is 0 Å². The summed E-state index contributed by atoms with van der Waals surface area (Å²) in [7, 11) is 0. The van der Waals surface area contributed by atoms with Crippen molar-refractivity contribution in [3.63, 3.8) is 0 Å². The predicted molar refractivity (Wildman–Crippen MR) is 134 cm³/mol. The molecule has 0 aliphatic carbocycles. The van der Waals surface area contributed by atoms with Crippen LogP contribution in [0.15, 0.2) is 39.9 Å². The van der Waals surface area contributed by atoms with E-state index in [2.05, 4.69) is 6.92 Å². The molecule has 0 radical (unpaired) electrons. The van der Waals surface area contributed by atoms with E-state index >= 15 is 0 Å². The number of hydrogen-bond acceptors (Lipinski definition) is 7. The van der Waals surface area contributed by atoms with Crippen molar-refractivity contribution in [3.8, 4) is 27.6 Å². The van der Waals surface area contributed by atoms with Crippen LogP contribution < -0.4 is 10.5 Å². The van der Waals surface area contributed by atoms with E-state index in [0.717, 1.165) is 56.8 Å². The van der Waals surface area contributed by atoms with Crippen molar-refractivity contribution in [3.05, 3.63) is 40.6 Å². The first-order valence-corrected chi connectivity index (χ1v) is 13.4. The van der Waals surface area contributed by atoms with E-state index in [1.807, 2.05) is 46.9 Å². The third kappa shape index (κ3) is 5.16. The highest BCUT2D eigenvalue weighted by Crippen LogP contribution is 2.40. The molecule has 1 fully saturated rings. The average molecular weight is 487 g/mol. The van der Waals surface area contributed by atoms with E-state index in [1.165, 1.54) is 11.3 Å². The summed E-state index contributed by atoms with van der Waals surface area (Å²) in [6.45, 7) is 3.92. The molecule has 0 spiro atoms. The van der Waals surface area contributed by atoms with E-state index < -0.39 is 0 Å². The van der Waals surface area contributed by atoms with Gasteiger partial charge in [-0.25, -0.2) is 4.98 Å². The molecule has 0 atom stereocenters. The Morgan fingerprint density at radius 1 is 1.34 bits per heavy atom. The van der Waals surface area contributed by atoms with Crippen LogP contribution in [0.1, 0.15) is 24.6 Å². The zero-order valence-electron chi connectivity index (χ0n) is 18.1. The quantitative estimate of drug-likeness (QED) is 0.273. The fourth-order valence-corrected chi connectivity index (χ4v) is 6.29. The number of amidine groups is 1. The number of carbonyl (C=O) groups excluding carboxylic acids is 1. The van der Waals surface area contributed by atoms with E-state index in [4.69, 9.17) is 20.9 Å². The van der Waals surface area contributed by atoms with Gasteiger partial charge in [-0.1, -0.05) is 19.1 Å². The van der Waals surface area contributed by atoms with Crippen molar-refractivity contribution >= 4 is 46.2 Å². The monoisotopic (exact) mass is 486 g/mol. The Labute approximate surface area is 200 Å². The van der Waals surface area contributed by atoms with Gasteiger partial charge in [0.1, 0.15) is 16.6 Å². The molecule has 3 N–H and O–H groups in total. The minimum absolute atomic E-state index is 0.0431. The predicted octanol–water partition coefficient (Wildman–Crippen LogP) is 5.18. The zero-order valence-corrected chi connectivity index (χ0v) is 20.5. The van der Waals surface area contributed by atoms with E-state index in [9.17, 15) is 4.79 Å². The maximum Gasteiger partial charge on any atom is 0.260 e. The Hall–Kier alpha value is -2.36. The lowest BCUT2D eigenvalue weighted by Gasteiger charge is -2.30. The smallest absolute Gasteiger partial charge is 0.260 e. The summed E-state index contributed by atoms with van der Waals surface area (Å²) < 4.78 is 6.91. The summed E-state index contributed by atoms with van der Waals surface area (Å²) in [5.74, 6) is 1.47. The second kappa shape index (κ2) is 10.1. The Morgan fingerprint density at radius 2 is 2.12 bits per heavy atom. The number of nitrogen functional groups attached to an aromatic ring is 1. The van der Waals surface area contributed by atoms with Crippen molar-refractivity contribution in [1.29, 1.82) is 5.41 Å². The lowest BCUT2D eigenvalue weighted by molar-refractivity contribution is -0.134. The molecule has 32 heavy (non-hydrogen) atoms. The average Bonchev–Trinajstić information content (AvgIpc) is 3.45. The number of nitrogens with one attached hydrogen (secondary N) is 1. The van der Waals surface area contributed by atoms with Crippen molar-refractivity contribution < 1.29 is 9.53 Å². The molecule has 1 aromatic carbocycles. The van der Waals surface area contributed by atoms with Crippen LogP contribution in [-0.4, -0.2) is 47.6 Å². The van der Waals surface area contributed by atoms with Crippen LogP contribution in [-0.2, 0) is 4.79 Å². The molecule has 0 saturated carbocycles. The molecule has 1 aliphatic heterocycles. The summed E-state index contributed by atoms with van der Waals surface area (Å²) in [6, 6.07) is 9.64. The summed E-state index contributed by atoms with van der Waals surface area (Å²) in [5, 5.41) is 10.6. The van der Waals surface area contributed by atoms with Crippen LogP contribution in [0.4, 0.5) is 0 Å². The maximum atomic E-state index is 12.5. The number of piperidine rings is 1. The van der Waals surface area contributed by atoms with Crippen molar-refractivity contribution in [2.24, 2.45) is 11.7 Å². The number of carbonyl (C=O) groups is 1. The fraction of sp³-hybridized carbons (Fsp3) is 0.348. The van der Waals surface area contributed by atoms with Gasteiger partial charge in [-0.15, -0.1) is 34.4 Å². The highest BCUT2D eigenvalue weighted by atomic mass is 32.2. The Morgan fingerprint density at radius 3 is 2.84 bits per heavy atom. The normalized spacial score (nSPS) is 14.5. The van der Waals surface area contributed by atoms with Crippen LogP contribution >= 0.6 is 34.4 Å². The summed E-state index contributed by atoms with van der Waals surface area (Å²) in [6.07, 6.45) is 4.13. The molecule has 1 saturated heterocycles.